The molecule has 0 unspecified atom stereocenters. The number of rotatable bonds is 5. The molecule has 0 aliphatic carbocycles. The number of anilines is 1. The van der Waals surface area contributed by atoms with Gasteiger partial charge in [-0.1, -0.05) is 24.3 Å². The molecule has 1 saturated heterocycles. The van der Waals surface area contributed by atoms with E-state index in [0.717, 1.165) is 31.5 Å². The molecule has 2 heterocycles. The number of halogens is 3. The van der Waals surface area contributed by atoms with Crippen LogP contribution in [0.15, 0.2) is 67.0 Å². The van der Waals surface area contributed by atoms with Crippen LogP contribution in [0.2, 0.25) is 0 Å². The SMILES string of the molecule is CN1CCN(C(=O)c2cccc(-c3ncnc4ccc(-c5ccc(NS(C)(=O)=O)c(C(F)(F)F)c5)cc34)c2)CC1.[HH]. The number of sulfonamides is 1. The summed E-state index contributed by atoms with van der Waals surface area (Å²) in [7, 11) is -1.90. The van der Waals surface area contributed by atoms with Crippen LogP contribution in [0.1, 0.15) is 17.3 Å². The van der Waals surface area contributed by atoms with E-state index < -0.39 is 27.5 Å². The first kappa shape index (κ1) is 27.5. The topological polar surface area (TPSA) is 95.5 Å². The molecule has 1 aromatic heterocycles. The number of nitrogens with one attached hydrogen (secondary N) is 1. The lowest BCUT2D eigenvalue weighted by Crippen LogP contribution is -2.47. The monoisotopic (exact) mass is 571 g/mol. The molecule has 5 rings (SSSR count). The van der Waals surface area contributed by atoms with Crippen molar-refractivity contribution in [2.24, 2.45) is 0 Å². The van der Waals surface area contributed by atoms with Crippen molar-refractivity contribution in [2.45, 2.75) is 6.18 Å². The van der Waals surface area contributed by atoms with Gasteiger partial charge < -0.3 is 9.80 Å². The van der Waals surface area contributed by atoms with Crippen molar-refractivity contribution in [1.29, 1.82) is 0 Å². The average Bonchev–Trinajstić information content (AvgIpc) is 2.91. The maximum atomic E-state index is 13.8. The number of carbonyl (C=O) groups excluding carboxylic acids is 1. The van der Waals surface area contributed by atoms with E-state index in [-0.39, 0.29) is 12.9 Å². The first-order valence-corrected chi connectivity index (χ1v) is 14.3. The lowest BCUT2D eigenvalue weighted by molar-refractivity contribution is -0.136. The Kier molecular flexibility index (Phi) is 7.23. The summed E-state index contributed by atoms with van der Waals surface area (Å²) < 4.78 is 66.6. The Bertz CT molecular complexity index is 1710. The van der Waals surface area contributed by atoms with E-state index in [0.29, 0.717) is 46.4 Å². The van der Waals surface area contributed by atoms with Gasteiger partial charge in [-0.25, -0.2) is 18.4 Å². The Morgan fingerprint density at radius 3 is 2.33 bits per heavy atom. The largest absolute Gasteiger partial charge is 0.418 e. The minimum absolute atomic E-state index is 0. The molecule has 1 fully saturated rings. The van der Waals surface area contributed by atoms with Crippen LogP contribution in [0.25, 0.3) is 33.3 Å². The molecule has 3 aromatic carbocycles. The third-order valence-corrected chi connectivity index (χ3v) is 7.35. The second-order valence-electron chi connectivity index (χ2n) is 9.76. The predicted molar refractivity (Wildman–Crippen MR) is 149 cm³/mol. The molecule has 210 valence electrons. The Morgan fingerprint density at radius 1 is 0.925 bits per heavy atom. The fourth-order valence-corrected chi connectivity index (χ4v) is 5.28. The smallest absolute Gasteiger partial charge is 0.336 e. The van der Waals surface area contributed by atoms with E-state index >= 15 is 0 Å². The number of aromatic nitrogens is 2. The molecule has 1 aliphatic rings. The van der Waals surface area contributed by atoms with Gasteiger partial charge in [0.1, 0.15) is 6.33 Å². The normalized spacial score (nSPS) is 14.9. The summed E-state index contributed by atoms with van der Waals surface area (Å²) >= 11 is 0. The number of piperazine rings is 1. The van der Waals surface area contributed by atoms with Gasteiger partial charge in [-0.05, 0) is 54.6 Å². The van der Waals surface area contributed by atoms with Gasteiger partial charge >= 0.3 is 6.18 Å². The average molecular weight is 572 g/mol. The molecule has 4 aromatic rings. The van der Waals surface area contributed by atoms with Crippen LogP contribution in [0, 0.1) is 0 Å². The Morgan fingerprint density at radius 2 is 1.62 bits per heavy atom. The van der Waals surface area contributed by atoms with Gasteiger partial charge in [0, 0.05) is 44.1 Å². The highest BCUT2D eigenvalue weighted by molar-refractivity contribution is 7.92. The number of benzene rings is 3. The van der Waals surface area contributed by atoms with E-state index in [1.54, 1.807) is 36.4 Å². The summed E-state index contributed by atoms with van der Waals surface area (Å²) in [5, 5.41) is 0.594. The quantitative estimate of drug-likeness (QED) is 0.363. The zero-order chi connectivity index (χ0) is 28.7. The predicted octanol–water partition coefficient (Wildman–Crippen LogP) is 4.99. The Balaban J connectivity index is 0.00000387. The molecule has 1 amide bonds. The van der Waals surface area contributed by atoms with Crippen LogP contribution in [-0.2, 0) is 16.2 Å². The fraction of sp³-hybridized carbons (Fsp3) is 0.250. The number of nitrogens with zero attached hydrogens (tertiary/aromatic N) is 4. The van der Waals surface area contributed by atoms with Crippen LogP contribution in [0.3, 0.4) is 0 Å². The van der Waals surface area contributed by atoms with E-state index in [2.05, 4.69) is 14.9 Å². The maximum absolute atomic E-state index is 13.8. The molecule has 1 aliphatic heterocycles. The van der Waals surface area contributed by atoms with Crippen molar-refractivity contribution < 1.29 is 27.8 Å². The Hall–Kier alpha value is -4.03. The molecule has 1 N–H and O–H groups in total. The second-order valence-corrected chi connectivity index (χ2v) is 11.5. The molecule has 8 nitrogen and oxygen atoms in total. The standard InChI is InChI=1S/C28H26F3N5O3S.H2/c1-35-10-12-36(13-11-35)27(37)21-5-3-4-20(14-21)26-22-15-18(6-8-24(22)32-17-33-26)19-7-9-25(34-40(2,38)39)23(16-19)28(29,30)31;/h3-9,14-17,34H,10-13H2,1-2H3;1H. The van der Waals surface area contributed by atoms with Gasteiger partial charge in [0.15, 0.2) is 0 Å². The van der Waals surface area contributed by atoms with Crippen molar-refractivity contribution in [3.63, 3.8) is 0 Å². The van der Waals surface area contributed by atoms with Crippen LogP contribution in [0.5, 0.6) is 0 Å². The molecule has 0 saturated carbocycles. The van der Waals surface area contributed by atoms with Gasteiger partial charge in [0.25, 0.3) is 5.91 Å². The molecular formula is C28H28F3N5O3S. The highest BCUT2D eigenvalue weighted by atomic mass is 32.2. The van der Waals surface area contributed by atoms with E-state index in [9.17, 15) is 26.4 Å². The molecule has 0 radical (unpaired) electrons. The summed E-state index contributed by atoms with van der Waals surface area (Å²) in [4.78, 5) is 25.9. The lowest BCUT2D eigenvalue weighted by Gasteiger charge is -2.32. The summed E-state index contributed by atoms with van der Waals surface area (Å²) in [5.41, 5.74) is 1.36. The van der Waals surface area contributed by atoms with Gasteiger partial charge in [-0.15, -0.1) is 0 Å². The van der Waals surface area contributed by atoms with Crippen LogP contribution < -0.4 is 4.72 Å². The van der Waals surface area contributed by atoms with Gasteiger partial charge in [-0.2, -0.15) is 13.2 Å². The van der Waals surface area contributed by atoms with E-state index in [1.807, 2.05) is 22.7 Å². The van der Waals surface area contributed by atoms with Gasteiger partial charge in [-0.3, -0.25) is 9.52 Å². The summed E-state index contributed by atoms with van der Waals surface area (Å²) in [6.07, 6.45) is -2.59. The zero-order valence-corrected chi connectivity index (χ0v) is 22.6. The molecule has 12 heteroatoms. The van der Waals surface area contributed by atoms with Crippen LogP contribution in [-0.4, -0.2) is 73.6 Å². The summed E-state index contributed by atoms with van der Waals surface area (Å²) in [6, 6.07) is 15.6. The fourth-order valence-electron chi connectivity index (χ4n) is 4.70. The van der Waals surface area contributed by atoms with E-state index in [4.69, 9.17) is 0 Å². The van der Waals surface area contributed by atoms with Crippen molar-refractivity contribution >= 4 is 32.5 Å². The molecule has 40 heavy (non-hydrogen) atoms. The number of carbonyl (C=O) groups is 1. The van der Waals surface area contributed by atoms with Crippen molar-refractivity contribution in [3.8, 4) is 22.4 Å². The number of hydrogen-bond donors (Lipinski definition) is 1. The molecule has 0 spiro atoms. The van der Waals surface area contributed by atoms with Crippen LogP contribution in [0.4, 0.5) is 18.9 Å². The molecule has 0 atom stereocenters. The van der Waals surface area contributed by atoms with Gasteiger partial charge in [0.05, 0.1) is 28.7 Å². The zero-order valence-electron chi connectivity index (χ0n) is 21.7. The van der Waals surface area contributed by atoms with Crippen molar-refractivity contribution in [3.05, 3.63) is 78.1 Å². The van der Waals surface area contributed by atoms with Crippen molar-refractivity contribution in [2.75, 3.05) is 44.2 Å². The minimum Gasteiger partial charge on any atom is -0.336 e. The summed E-state index contributed by atoms with van der Waals surface area (Å²) in [6.45, 7) is 2.87. The Labute approximate surface area is 231 Å². The maximum Gasteiger partial charge on any atom is 0.418 e. The molecular weight excluding hydrogens is 543 g/mol. The lowest BCUT2D eigenvalue weighted by atomic mass is 9.97. The number of hydrogen-bond acceptors (Lipinski definition) is 6. The number of fused-ring (bicyclic) bond motifs is 1. The minimum atomic E-state index is -4.79. The van der Waals surface area contributed by atoms with Gasteiger partial charge in [0.2, 0.25) is 10.0 Å². The van der Waals surface area contributed by atoms with Crippen molar-refractivity contribution in [1.82, 2.24) is 19.8 Å². The first-order chi connectivity index (χ1) is 18.9. The first-order valence-electron chi connectivity index (χ1n) is 12.4. The summed E-state index contributed by atoms with van der Waals surface area (Å²) in [5.74, 6) is -0.0727. The highest BCUT2D eigenvalue weighted by Gasteiger charge is 2.34. The number of alkyl halides is 3. The number of amides is 1. The third-order valence-electron chi connectivity index (χ3n) is 6.76. The highest BCUT2D eigenvalue weighted by Crippen LogP contribution is 2.39. The number of likely N-dealkylation sites (N-methyl/N-ethyl adjacent to an activating group) is 1. The van der Waals surface area contributed by atoms with Crippen LogP contribution >= 0.6 is 0 Å². The molecule has 0 bridgehead atoms. The second kappa shape index (κ2) is 10.5. The third kappa shape index (κ3) is 5.92. The van der Waals surface area contributed by atoms with E-state index in [1.165, 1.54) is 12.4 Å².